The molecule has 33 heavy (non-hydrogen) atoms. The fourth-order valence-corrected chi connectivity index (χ4v) is 5.05. The second-order valence-corrected chi connectivity index (χ2v) is 9.92. The fourth-order valence-electron chi connectivity index (χ4n) is 3.56. The van der Waals surface area contributed by atoms with Crippen molar-refractivity contribution in [2.75, 3.05) is 5.75 Å². The minimum Gasteiger partial charge on any atom is -0.444 e. The van der Waals surface area contributed by atoms with Crippen molar-refractivity contribution in [3.05, 3.63) is 108 Å². The Morgan fingerprint density at radius 3 is 1.58 bits per heavy atom. The molecule has 3 aromatic carbocycles. The van der Waals surface area contributed by atoms with Crippen molar-refractivity contribution >= 4 is 23.8 Å². The number of thioether (sulfide) groups is 1. The molecule has 0 bridgehead atoms. The maximum Gasteiger partial charge on any atom is 0.414 e. The molecule has 0 saturated carbocycles. The van der Waals surface area contributed by atoms with E-state index in [2.05, 4.69) is 41.7 Å². The third-order valence-electron chi connectivity index (χ3n) is 4.98. The van der Waals surface area contributed by atoms with Gasteiger partial charge in [0.05, 0.1) is 10.8 Å². The average molecular weight is 463 g/mol. The van der Waals surface area contributed by atoms with Crippen LogP contribution >= 0.6 is 11.8 Å². The van der Waals surface area contributed by atoms with Gasteiger partial charge >= 0.3 is 6.09 Å². The molecule has 0 radical (unpaired) electrons. The predicted molar refractivity (Wildman–Crippen MR) is 134 cm³/mol. The standard InChI is InChI=1S/C27H30N2O3S/c1-26(2,3)32-25(31)29-24(30)23(28)19-33-27(20-13-7-4-8-14-20,21-15-9-5-10-16-21)22-17-11-6-12-18-22/h4-18,23H,19,28H2,1-3H3,(H,29,30,31)/t23-/m0/s1. The number of hydrogen-bond donors (Lipinski definition) is 2. The van der Waals surface area contributed by atoms with Crippen LogP contribution in [0.25, 0.3) is 0 Å². The van der Waals surface area contributed by atoms with Crippen LogP contribution in [0.4, 0.5) is 4.79 Å². The number of carbonyl (C=O) groups is 2. The molecular formula is C27H30N2O3S. The number of nitrogens with two attached hydrogens (primary N) is 1. The second kappa shape index (κ2) is 10.7. The summed E-state index contributed by atoms with van der Waals surface area (Å²) in [5.41, 5.74) is 8.76. The van der Waals surface area contributed by atoms with E-state index >= 15 is 0 Å². The lowest BCUT2D eigenvalue weighted by atomic mass is 9.84. The van der Waals surface area contributed by atoms with Crippen molar-refractivity contribution in [2.45, 2.75) is 37.2 Å². The van der Waals surface area contributed by atoms with Crippen molar-refractivity contribution < 1.29 is 14.3 Å². The van der Waals surface area contributed by atoms with Crippen molar-refractivity contribution in [1.82, 2.24) is 5.32 Å². The summed E-state index contributed by atoms with van der Waals surface area (Å²) in [6.45, 7) is 5.21. The molecule has 2 amide bonds. The molecule has 0 fully saturated rings. The Balaban J connectivity index is 1.93. The van der Waals surface area contributed by atoms with E-state index in [0.29, 0.717) is 0 Å². The summed E-state index contributed by atoms with van der Waals surface area (Å²) in [6.07, 6.45) is -0.798. The molecule has 6 heteroatoms. The first-order valence-electron chi connectivity index (χ1n) is 10.8. The summed E-state index contributed by atoms with van der Waals surface area (Å²) in [4.78, 5) is 24.6. The Kier molecular flexibility index (Phi) is 7.95. The van der Waals surface area contributed by atoms with Gasteiger partial charge < -0.3 is 10.5 Å². The number of nitrogens with one attached hydrogen (secondary N) is 1. The van der Waals surface area contributed by atoms with E-state index in [1.807, 2.05) is 54.6 Å². The topological polar surface area (TPSA) is 81.4 Å². The van der Waals surface area contributed by atoms with E-state index in [1.54, 1.807) is 32.5 Å². The van der Waals surface area contributed by atoms with E-state index in [0.717, 1.165) is 16.7 Å². The molecule has 1 atom stereocenters. The van der Waals surface area contributed by atoms with Gasteiger partial charge in [-0.05, 0) is 37.5 Å². The van der Waals surface area contributed by atoms with Crippen LogP contribution in [0.2, 0.25) is 0 Å². The minimum absolute atomic E-state index is 0.285. The minimum atomic E-state index is -0.905. The zero-order valence-electron chi connectivity index (χ0n) is 19.2. The lowest BCUT2D eigenvalue weighted by molar-refractivity contribution is -0.121. The molecule has 0 aliphatic rings. The Bertz CT molecular complexity index is 954. The number of benzene rings is 3. The first-order chi connectivity index (χ1) is 15.7. The van der Waals surface area contributed by atoms with E-state index in [1.165, 1.54) is 0 Å². The van der Waals surface area contributed by atoms with Gasteiger partial charge in [0.1, 0.15) is 5.60 Å². The molecule has 0 aromatic heterocycles. The van der Waals surface area contributed by atoms with Gasteiger partial charge in [0, 0.05) is 5.75 Å². The van der Waals surface area contributed by atoms with Gasteiger partial charge in [-0.3, -0.25) is 10.1 Å². The molecular weight excluding hydrogens is 432 g/mol. The third-order valence-corrected chi connectivity index (χ3v) is 6.65. The Morgan fingerprint density at radius 1 is 0.818 bits per heavy atom. The quantitative estimate of drug-likeness (QED) is 0.478. The summed E-state index contributed by atoms with van der Waals surface area (Å²) in [5, 5.41) is 2.25. The number of carbonyl (C=O) groups excluding carboxylic acids is 2. The molecule has 3 aromatic rings. The van der Waals surface area contributed by atoms with Crippen LogP contribution in [0.3, 0.4) is 0 Å². The van der Waals surface area contributed by atoms with Gasteiger partial charge in [0.15, 0.2) is 0 Å². The molecule has 0 unspecified atom stereocenters. The van der Waals surface area contributed by atoms with Crippen LogP contribution in [-0.2, 0) is 14.3 Å². The van der Waals surface area contributed by atoms with Crippen LogP contribution < -0.4 is 11.1 Å². The van der Waals surface area contributed by atoms with Gasteiger partial charge in [-0.15, -0.1) is 11.8 Å². The van der Waals surface area contributed by atoms with Crippen molar-refractivity contribution in [3.63, 3.8) is 0 Å². The van der Waals surface area contributed by atoms with Gasteiger partial charge in [0.25, 0.3) is 0 Å². The normalized spacial score (nSPS) is 12.6. The van der Waals surface area contributed by atoms with Crippen LogP contribution in [0.5, 0.6) is 0 Å². The maximum atomic E-state index is 12.6. The molecule has 0 saturated heterocycles. The number of alkyl carbamates (subject to hydrolysis) is 1. The molecule has 0 heterocycles. The summed E-state index contributed by atoms with van der Waals surface area (Å²) in [6, 6.07) is 29.6. The summed E-state index contributed by atoms with van der Waals surface area (Å²) in [7, 11) is 0. The maximum absolute atomic E-state index is 12.6. The van der Waals surface area contributed by atoms with E-state index in [9.17, 15) is 9.59 Å². The van der Waals surface area contributed by atoms with E-state index in [4.69, 9.17) is 10.5 Å². The third kappa shape index (κ3) is 6.24. The average Bonchev–Trinajstić information content (AvgIpc) is 2.80. The Hall–Kier alpha value is -3.09. The van der Waals surface area contributed by atoms with Crippen molar-refractivity contribution in [1.29, 1.82) is 0 Å². The molecule has 5 nitrogen and oxygen atoms in total. The fraction of sp³-hybridized carbons (Fsp3) is 0.259. The Morgan fingerprint density at radius 2 is 1.21 bits per heavy atom. The molecule has 0 aliphatic carbocycles. The van der Waals surface area contributed by atoms with Crippen molar-refractivity contribution in [2.24, 2.45) is 5.73 Å². The first kappa shape index (κ1) is 24.6. The smallest absolute Gasteiger partial charge is 0.414 e. The summed E-state index contributed by atoms with van der Waals surface area (Å²) < 4.78 is 4.59. The van der Waals surface area contributed by atoms with Crippen LogP contribution in [-0.4, -0.2) is 29.4 Å². The van der Waals surface area contributed by atoms with E-state index < -0.39 is 28.4 Å². The molecule has 172 valence electrons. The highest BCUT2D eigenvalue weighted by Gasteiger charge is 2.38. The highest BCUT2D eigenvalue weighted by Crippen LogP contribution is 2.48. The lowest BCUT2D eigenvalue weighted by Crippen LogP contribution is -2.47. The number of hydrogen-bond acceptors (Lipinski definition) is 5. The SMILES string of the molecule is CC(C)(C)OC(=O)NC(=O)[C@@H](N)CSC(c1ccccc1)(c1ccccc1)c1ccccc1. The lowest BCUT2D eigenvalue weighted by Gasteiger charge is -2.36. The molecule has 3 N–H and O–H groups in total. The van der Waals surface area contributed by atoms with Gasteiger partial charge in [-0.2, -0.15) is 0 Å². The first-order valence-corrected chi connectivity index (χ1v) is 11.8. The van der Waals surface area contributed by atoms with Crippen LogP contribution in [0.15, 0.2) is 91.0 Å². The second-order valence-electron chi connectivity index (χ2n) is 8.69. The predicted octanol–water partition coefficient (Wildman–Crippen LogP) is 5.09. The zero-order chi connectivity index (χ0) is 23.9. The molecule has 0 spiro atoms. The Labute approximate surface area is 199 Å². The van der Waals surface area contributed by atoms with Gasteiger partial charge in [0.2, 0.25) is 5.91 Å². The largest absolute Gasteiger partial charge is 0.444 e. The summed E-state index contributed by atoms with van der Waals surface area (Å²) in [5.74, 6) is -0.285. The zero-order valence-corrected chi connectivity index (χ0v) is 20.0. The highest BCUT2D eigenvalue weighted by atomic mass is 32.2. The molecule has 0 aliphatic heterocycles. The van der Waals surface area contributed by atoms with Crippen LogP contribution in [0.1, 0.15) is 37.5 Å². The highest BCUT2D eigenvalue weighted by molar-refractivity contribution is 8.00. The van der Waals surface area contributed by atoms with Gasteiger partial charge in [-0.1, -0.05) is 91.0 Å². The number of imide groups is 1. The monoisotopic (exact) mass is 462 g/mol. The van der Waals surface area contributed by atoms with Crippen molar-refractivity contribution in [3.8, 4) is 0 Å². The molecule has 3 rings (SSSR count). The summed E-state index contributed by atoms with van der Waals surface area (Å²) >= 11 is 1.57. The number of amides is 2. The number of rotatable bonds is 7. The number of ether oxygens (including phenoxy) is 1. The van der Waals surface area contributed by atoms with Gasteiger partial charge in [-0.25, -0.2) is 4.79 Å². The van der Waals surface area contributed by atoms with E-state index in [-0.39, 0.29) is 5.75 Å². The van der Waals surface area contributed by atoms with Crippen LogP contribution in [0, 0.1) is 0 Å².